The number of aliphatic imine (C=N–C) groups is 1. The number of hydrogen-bond acceptors (Lipinski definition) is 5. The van der Waals surface area contributed by atoms with Crippen molar-refractivity contribution in [1.29, 1.82) is 0 Å². The second kappa shape index (κ2) is 6.23. The van der Waals surface area contributed by atoms with E-state index in [-0.39, 0.29) is 11.7 Å². The van der Waals surface area contributed by atoms with Crippen molar-refractivity contribution in [3.8, 4) is 5.88 Å². The lowest BCUT2D eigenvalue weighted by atomic mass is 9.67. The fourth-order valence-corrected chi connectivity index (χ4v) is 5.68. The van der Waals surface area contributed by atoms with Crippen LogP contribution < -0.4 is 10.5 Å². The third-order valence-electron chi connectivity index (χ3n) is 6.16. The summed E-state index contributed by atoms with van der Waals surface area (Å²) in [7, 11) is 1.65. The number of nitrogens with zero attached hydrogens (tertiary/aromatic N) is 2. The molecule has 1 aromatic carbocycles. The average Bonchev–Trinajstić information content (AvgIpc) is 3.51. The minimum absolute atomic E-state index is 0.198. The molecule has 1 aliphatic heterocycles. The quantitative estimate of drug-likeness (QED) is 0.876. The number of benzene rings is 1. The molecule has 2 atom stereocenters. The van der Waals surface area contributed by atoms with Crippen LogP contribution in [0.4, 0.5) is 4.39 Å². The monoisotopic (exact) mass is 383 g/mol. The Morgan fingerprint density at radius 2 is 2.07 bits per heavy atom. The molecular weight excluding hydrogens is 361 g/mol. The van der Waals surface area contributed by atoms with Gasteiger partial charge in [0.25, 0.3) is 0 Å². The van der Waals surface area contributed by atoms with Crippen molar-refractivity contribution in [2.75, 3.05) is 12.9 Å². The number of rotatable bonds is 3. The van der Waals surface area contributed by atoms with Crippen LogP contribution in [0.2, 0.25) is 0 Å². The Morgan fingerprint density at radius 1 is 1.26 bits per heavy atom. The van der Waals surface area contributed by atoms with Crippen molar-refractivity contribution in [2.45, 2.75) is 37.1 Å². The van der Waals surface area contributed by atoms with Crippen LogP contribution in [0.3, 0.4) is 0 Å². The van der Waals surface area contributed by atoms with E-state index in [0.29, 0.717) is 28.9 Å². The maximum absolute atomic E-state index is 14.9. The summed E-state index contributed by atoms with van der Waals surface area (Å²) in [4.78, 5) is 9.44. The summed E-state index contributed by atoms with van der Waals surface area (Å²) in [5.41, 5.74) is 9.84. The van der Waals surface area contributed by atoms with Crippen LogP contribution in [-0.4, -0.2) is 23.0 Å². The standard InChI is InChI=1S/C21H22FN3OS/c1-26-19-15-9-21(17-4-2-3-5-18(17)22)13(11-27-20(23)25-21)8-14(15)16(10-24-19)12-6-7-12/h2-5,10,12-13H,6-9,11H2,1H3,(H2,23,25)/t13-,21-/m0/s1. The van der Waals surface area contributed by atoms with Gasteiger partial charge in [0.1, 0.15) is 5.82 Å². The molecule has 2 aromatic rings. The molecule has 27 heavy (non-hydrogen) atoms. The SMILES string of the molecule is COc1ncc(C2CC2)c2c1C[C@]1(c3ccccc3F)N=C(N)SC[C@@H]1C2. The fourth-order valence-electron chi connectivity index (χ4n) is 4.69. The summed E-state index contributed by atoms with van der Waals surface area (Å²) >= 11 is 1.58. The molecule has 2 heterocycles. The highest BCUT2D eigenvalue weighted by Gasteiger charge is 2.49. The van der Waals surface area contributed by atoms with E-state index in [1.165, 1.54) is 30.0 Å². The Hall–Kier alpha value is -2.08. The van der Waals surface area contributed by atoms with Crippen molar-refractivity contribution in [1.82, 2.24) is 4.98 Å². The third kappa shape index (κ3) is 2.64. The first-order valence-electron chi connectivity index (χ1n) is 9.40. The number of ether oxygens (including phenoxy) is 1. The zero-order valence-corrected chi connectivity index (χ0v) is 16.1. The summed E-state index contributed by atoms with van der Waals surface area (Å²) in [6.07, 6.45) is 5.87. The van der Waals surface area contributed by atoms with Crippen LogP contribution in [0, 0.1) is 11.7 Å². The van der Waals surface area contributed by atoms with E-state index in [9.17, 15) is 4.39 Å². The van der Waals surface area contributed by atoms with E-state index in [2.05, 4.69) is 4.98 Å². The van der Waals surface area contributed by atoms with Crippen LogP contribution in [0.15, 0.2) is 35.5 Å². The lowest BCUT2D eigenvalue weighted by Crippen LogP contribution is -2.46. The summed E-state index contributed by atoms with van der Waals surface area (Å²) in [6, 6.07) is 6.97. The van der Waals surface area contributed by atoms with Gasteiger partial charge in [0.2, 0.25) is 5.88 Å². The number of amidine groups is 1. The summed E-state index contributed by atoms with van der Waals surface area (Å²) in [5.74, 6) is 2.07. The van der Waals surface area contributed by atoms with Gasteiger partial charge in [-0.2, -0.15) is 0 Å². The van der Waals surface area contributed by atoms with Gasteiger partial charge in [0, 0.05) is 35.4 Å². The Bertz CT molecular complexity index is 943. The van der Waals surface area contributed by atoms with E-state index in [1.807, 2.05) is 18.3 Å². The molecule has 2 N–H and O–H groups in total. The zero-order valence-electron chi connectivity index (χ0n) is 15.2. The maximum Gasteiger partial charge on any atom is 0.216 e. The Labute approximate surface area is 162 Å². The van der Waals surface area contributed by atoms with Crippen LogP contribution >= 0.6 is 11.8 Å². The lowest BCUT2D eigenvalue weighted by Gasteiger charge is -2.45. The zero-order chi connectivity index (χ0) is 18.6. The summed E-state index contributed by atoms with van der Waals surface area (Å²) in [5, 5.41) is 0.531. The summed E-state index contributed by atoms with van der Waals surface area (Å²) < 4.78 is 20.5. The molecule has 140 valence electrons. The molecule has 0 radical (unpaired) electrons. The van der Waals surface area contributed by atoms with Crippen LogP contribution in [-0.2, 0) is 18.4 Å². The molecule has 3 aliphatic rings. The van der Waals surface area contributed by atoms with Crippen molar-refractivity contribution in [3.63, 3.8) is 0 Å². The van der Waals surface area contributed by atoms with Crippen LogP contribution in [0.5, 0.6) is 5.88 Å². The normalized spacial score (nSPS) is 26.7. The fraction of sp³-hybridized carbons (Fsp3) is 0.429. The van der Waals surface area contributed by atoms with Crippen LogP contribution in [0.1, 0.15) is 41.0 Å². The molecule has 0 bridgehead atoms. The highest BCUT2D eigenvalue weighted by Crippen LogP contribution is 2.53. The van der Waals surface area contributed by atoms with Gasteiger partial charge >= 0.3 is 0 Å². The van der Waals surface area contributed by atoms with E-state index in [4.69, 9.17) is 15.5 Å². The Balaban J connectivity index is 1.72. The highest BCUT2D eigenvalue weighted by atomic mass is 32.2. The van der Waals surface area contributed by atoms with E-state index >= 15 is 0 Å². The Kier molecular flexibility index (Phi) is 3.93. The van der Waals surface area contributed by atoms with E-state index in [1.54, 1.807) is 24.9 Å². The molecule has 0 spiro atoms. The first-order chi connectivity index (χ1) is 13.1. The predicted octanol–water partition coefficient (Wildman–Crippen LogP) is 3.78. The Morgan fingerprint density at radius 3 is 2.81 bits per heavy atom. The average molecular weight is 383 g/mol. The molecule has 0 saturated heterocycles. The molecule has 1 fully saturated rings. The van der Waals surface area contributed by atoms with Gasteiger partial charge in [-0.1, -0.05) is 30.0 Å². The lowest BCUT2D eigenvalue weighted by molar-refractivity contribution is 0.261. The first kappa shape index (κ1) is 17.0. The van der Waals surface area contributed by atoms with Gasteiger partial charge in [-0.3, -0.25) is 4.99 Å². The van der Waals surface area contributed by atoms with Crippen molar-refractivity contribution in [3.05, 3.63) is 58.5 Å². The molecule has 2 aliphatic carbocycles. The molecule has 1 aromatic heterocycles. The third-order valence-corrected chi connectivity index (χ3v) is 7.11. The number of aromatic nitrogens is 1. The number of pyridine rings is 1. The predicted molar refractivity (Wildman–Crippen MR) is 106 cm³/mol. The minimum atomic E-state index is -0.690. The van der Waals surface area contributed by atoms with Gasteiger partial charge in [-0.15, -0.1) is 0 Å². The second-order valence-electron chi connectivity index (χ2n) is 7.70. The largest absolute Gasteiger partial charge is 0.481 e. The van der Waals surface area contributed by atoms with Crippen LogP contribution in [0.25, 0.3) is 0 Å². The van der Waals surface area contributed by atoms with E-state index in [0.717, 1.165) is 17.7 Å². The number of halogens is 1. The smallest absolute Gasteiger partial charge is 0.216 e. The molecule has 0 amide bonds. The van der Waals surface area contributed by atoms with Gasteiger partial charge < -0.3 is 10.5 Å². The van der Waals surface area contributed by atoms with Crippen molar-refractivity contribution in [2.24, 2.45) is 16.6 Å². The summed E-state index contributed by atoms with van der Waals surface area (Å²) in [6.45, 7) is 0. The molecular formula is C21H22FN3OS. The van der Waals surface area contributed by atoms with Crippen molar-refractivity contribution < 1.29 is 9.13 Å². The molecule has 6 heteroatoms. The van der Waals surface area contributed by atoms with Crippen molar-refractivity contribution >= 4 is 16.9 Å². The minimum Gasteiger partial charge on any atom is -0.481 e. The number of hydrogen-bond donors (Lipinski definition) is 1. The highest BCUT2D eigenvalue weighted by molar-refractivity contribution is 8.13. The maximum atomic E-state index is 14.9. The molecule has 4 nitrogen and oxygen atoms in total. The van der Waals surface area contributed by atoms with E-state index < -0.39 is 5.54 Å². The topological polar surface area (TPSA) is 60.5 Å². The second-order valence-corrected chi connectivity index (χ2v) is 8.74. The number of fused-ring (bicyclic) bond motifs is 2. The van der Waals surface area contributed by atoms with Gasteiger partial charge in [-0.05, 0) is 42.4 Å². The van der Waals surface area contributed by atoms with Gasteiger partial charge in [0.05, 0.1) is 12.6 Å². The van der Waals surface area contributed by atoms with Gasteiger partial charge in [0.15, 0.2) is 5.17 Å². The van der Waals surface area contributed by atoms with Gasteiger partial charge in [-0.25, -0.2) is 9.37 Å². The number of nitrogens with two attached hydrogens (primary N) is 1. The molecule has 1 saturated carbocycles. The first-order valence-corrected chi connectivity index (χ1v) is 10.4. The number of thioether (sulfide) groups is 1. The molecule has 5 rings (SSSR count). The number of methoxy groups -OCH3 is 1. The molecule has 0 unspecified atom stereocenters.